The van der Waals surface area contributed by atoms with Crippen LogP contribution in [0, 0.1) is 0 Å². The summed E-state index contributed by atoms with van der Waals surface area (Å²) in [7, 11) is 0. The average molecular weight is 268 g/mol. The van der Waals surface area contributed by atoms with Gasteiger partial charge in [-0.3, -0.25) is 4.90 Å². The van der Waals surface area contributed by atoms with E-state index in [1.165, 1.54) is 0 Å². The highest BCUT2D eigenvalue weighted by atomic mass is 16.5. The van der Waals surface area contributed by atoms with Crippen molar-refractivity contribution in [2.75, 3.05) is 39.5 Å². The molecule has 0 aliphatic carbocycles. The quantitative estimate of drug-likeness (QED) is 0.528. The number of ether oxygens (including phenoxy) is 1. The smallest absolute Gasteiger partial charge is 0.119 e. The second kappa shape index (κ2) is 9.75. The number of benzene rings is 1. The maximum absolute atomic E-state index is 8.98. The monoisotopic (exact) mass is 268 g/mol. The summed E-state index contributed by atoms with van der Waals surface area (Å²) >= 11 is 0. The van der Waals surface area contributed by atoms with Crippen LogP contribution in [0.1, 0.15) is 12.0 Å². The van der Waals surface area contributed by atoms with Gasteiger partial charge in [0.25, 0.3) is 0 Å². The molecule has 1 rings (SSSR count). The molecule has 0 saturated heterocycles. The van der Waals surface area contributed by atoms with E-state index in [4.69, 9.17) is 20.7 Å². The molecule has 0 heterocycles. The third kappa shape index (κ3) is 6.54. The Morgan fingerprint density at radius 3 is 2.53 bits per heavy atom. The number of nitrogens with two attached hydrogens (primary N) is 1. The van der Waals surface area contributed by atoms with Crippen LogP contribution in [0.4, 0.5) is 0 Å². The van der Waals surface area contributed by atoms with Crippen molar-refractivity contribution < 1.29 is 14.9 Å². The van der Waals surface area contributed by atoms with Gasteiger partial charge in [-0.05, 0) is 30.7 Å². The van der Waals surface area contributed by atoms with Crippen molar-refractivity contribution in [2.24, 2.45) is 5.73 Å². The molecule has 0 aliphatic heterocycles. The van der Waals surface area contributed by atoms with Crippen LogP contribution in [0.15, 0.2) is 24.3 Å². The van der Waals surface area contributed by atoms with Crippen LogP contribution in [-0.2, 0) is 6.54 Å². The van der Waals surface area contributed by atoms with E-state index in [0.29, 0.717) is 32.8 Å². The number of aliphatic hydroxyl groups is 2. The predicted molar refractivity (Wildman–Crippen MR) is 75.1 cm³/mol. The molecule has 0 radical (unpaired) electrons. The topological polar surface area (TPSA) is 79.0 Å². The Morgan fingerprint density at radius 2 is 1.89 bits per heavy atom. The van der Waals surface area contributed by atoms with Gasteiger partial charge in [-0.15, -0.1) is 0 Å². The lowest BCUT2D eigenvalue weighted by molar-refractivity contribution is 0.156. The lowest BCUT2D eigenvalue weighted by atomic mass is 10.2. The van der Waals surface area contributed by atoms with Crippen LogP contribution in [-0.4, -0.2) is 54.6 Å². The van der Waals surface area contributed by atoms with Crippen LogP contribution in [0.2, 0.25) is 0 Å². The van der Waals surface area contributed by atoms with Gasteiger partial charge in [-0.1, -0.05) is 12.1 Å². The highest BCUT2D eigenvalue weighted by Gasteiger charge is 2.05. The third-order valence-corrected chi connectivity index (χ3v) is 2.75. The lowest BCUT2D eigenvalue weighted by Gasteiger charge is -2.20. The summed E-state index contributed by atoms with van der Waals surface area (Å²) in [6.07, 6.45) is 0.839. The van der Waals surface area contributed by atoms with Gasteiger partial charge < -0.3 is 20.7 Å². The fraction of sp³-hybridized carbons (Fsp3) is 0.571. The van der Waals surface area contributed by atoms with Crippen molar-refractivity contribution in [3.05, 3.63) is 29.8 Å². The second-order valence-corrected chi connectivity index (χ2v) is 4.36. The van der Waals surface area contributed by atoms with E-state index in [9.17, 15) is 0 Å². The van der Waals surface area contributed by atoms with E-state index >= 15 is 0 Å². The van der Waals surface area contributed by atoms with E-state index in [2.05, 4.69) is 0 Å². The number of rotatable bonds is 10. The van der Waals surface area contributed by atoms with Crippen LogP contribution in [0.3, 0.4) is 0 Å². The molecule has 1 aromatic carbocycles. The zero-order valence-electron chi connectivity index (χ0n) is 11.3. The first-order valence-corrected chi connectivity index (χ1v) is 6.66. The van der Waals surface area contributed by atoms with Gasteiger partial charge in [-0.25, -0.2) is 0 Å². The fourth-order valence-electron chi connectivity index (χ4n) is 1.82. The van der Waals surface area contributed by atoms with Crippen LogP contribution >= 0.6 is 0 Å². The molecule has 0 aliphatic rings. The third-order valence-electron chi connectivity index (χ3n) is 2.75. The fourth-order valence-corrected chi connectivity index (χ4v) is 1.82. The van der Waals surface area contributed by atoms with E-state index in [1.54, 1.807) is 0 Å². The van der Waals surface area contributed by atoms with Crippen molar-refractivity contribution in [3.8, 4) is 5.75 Å². The molecule has 0 amide bonds. The first kappa shape index (κ1) is 15.9. The van der Waals surface area contributed by atoms with Gasteiger partial charge in [0.05, 0.1) is 19.8 Å². The minimum absolute atomic E-state index is 0.0900. The maximum Gasteiger partial charge on any atom is 0.119 e. The van der Waals surface area contributed by atoms with E-state index in [1.807, 2.05) is 29.2 Å². The summed E-state index contributed by atoms with van der Waals surface area (Å²) < 4.78 is 5.59. The lowest BCUT2D eigenvalue weighted by Crippen LogP contribution is -2.29. The summed E-state index contributed by atoms with van der Waals surface area (Å²) in [5.41, 5.74) is 6.52. The highest BCUT2D eigenvalue weighted by molar-refractivity contribution is 5.28. The van der Waals surface area contributed by atoms with Crippen LogP contribution in [0.5, 0.6) is 5.75 Å². The molecule has 0 unspecified atom stereocenters. The normalized spacial score (nSPS) is 10.9. The Kier molecular flexibility index (Phi) is 8.16. The molecular formula is C14H24N2O3. The number of hydrogen-bond acceptors (Lipinski definition) is 5. The maximum atomic E-state index is 8.98. The average Bonchev–Trinajstić information content (AvgIpc) is 2.40. The van der Waals surface area contributed by atoms with Crippen LogP contribution < -0.4 is 10.5 Å². The van der Waals surface area contributed by atoms with Gasteiger partial charge >= 0.3 is 0 Å². The van der Waals surface area contributed by atoms with Crippen LogP contribution in [0.25, 0.3) is 0 Å². The van der Waals surface area contributed by atoms with Crippen molar-refractivity contribution in [3.63, 3.8) is 0 Å². The second-order valence-electron chi connectivity index (χ2n) is 4.36. The van der Waals surface area contributed by atoms with Gasteiger partial charge in [0.1, 0.15) is 5.75 Å². The molecule has 5 nitrogen and oxygen atoms in total. The van der Waals surface area contributed by atoms with Crippen molar-refractivity contribution >= 4 is 0 Å². The van der Waals surface area contributed by atoms with E-state index in [0.717, 1.165) is 17.7 Å². The van der Waals surface area contributed by atoms with Crippen molar-refractivity contribution in [1.29, 1.82) is 0 Å². The number of hydrogen-bond donors (Lipinski definition) is 3. The summed E-state index contributed by atoms with van der Waals surface area (Å²) in [5, 5.41) is 18.0. The molecule has 4 N–H and O–H groups in total. The Bertz CT molecular complexity index is 341. The molecule has 0 fully saturated rings. The summed E-state index contributed by atoms with van der Waals surface area (Å²) in [4.78, 5) is 2.00. The van der Waals surface area contributed by atoms with E-state index < -0.39 is 0 Å². The summed E-state index contributed by atoms with van der Waals surface area (Å²) in [5.74, 6) is 0.832. The summed E-state index contributed by atoms with van der Waals surface area (Å²) in [6, 6.07) is 7.86. The molecular weight excluding hydrogens is 244 g/mol. The summed E-state index contributed by atoms with van der Waals surface area (Å²) in [6.45, 7) is 3.23. The largest absolute Gasteiger partial charge is 0.494 e. The molecule has 19 heavy (non-hydrogen) atoms. The Balaban J connectivity index is 2.54. The predicted octanol–water partition coefficient (Wildman–Crippen LogP) is 0.201. The van der Waals surface area contributed by atoms with Gasteiger partial charge in [0.2, 0.25) is 0 Å². The molecule has 108 valence electrons. The molecule has 0 saturated carbocycles. The number of aliphatic hydroxyl groups excluding tert-OH is 2. The van der Waals surface area contributed by atoms with Crippen molar-refractivity contribution in [2.45, 2.75) is 13.0 Å². The van der Waals surface area contributed by atoms with E-state index in [-0.39, 0.29) is 13.2 Å². The Hall–Kier alpha value is -1.14. The minimum atomic E-state index is 0.0900. The SMILES string of the molecule is NCCCOc1cccc(CN(CCO)CCO)c1. The molecule has 0 spiro atoms. The minimum Gasteiger partial charge on any atom is -0.494 e. The first-order chi connectivity index (χ1) is 9.30. The standard InChI is InChI=1S/C14H24N2O3/c15-5-2-10-19-14-4-1-3-13(11-14)12-16(6-8-17)7-9-18/h1,3-4,11,17-18H,2,5-10,12,15H2. The molecule has 5 heteroatoms. The van der Waals surface area contributed by atoms with Gasteiger partial charge in [0, 0.05) is 19.6 Å². The Labute approximate surface area is 114 Å². The Morgan fingerprint density at radius 1 is 1.16 bits per heavy atom. The van der Waals surface area contributed by atoms with Gasteiger partial charge in [0.15, 0.2) is 0 Å². The van der Waals surface area contributed by atoms with Crippen molar-refractivity contribution in [1.82, 2.24) is 4.90 Å². The zero-order chi connectivity index (χ0) is 13.9. The number of nitrogens with zero attached hydrogens (tertiary/aromatic N) is 1. The molecule has 0 bridgehead atoms. The highest BCUT2D eigenvalue weighted by Crippen LogP contribution is 2.15. The van der Waals surface area contributed by atoms with Gasteiger partial charge in [-0.2, -0.15) is 0 Å². The first-order valence-electron chi connectivity index (χ1n) is 6.66. The molecule has 0 atom stereocenters. The molecule has 1 aromatic rings. The molecule has 0 aromatic heterocycles. The zero-order valence-corrected chi connectivity index (χ0v) is 11.3.